The van der Waals surface area contributed by atoms with Crippen LogP contribution >= 0.6 is 0 Å². The molecule has 0 atom stereocenters. The van der Waals surface area contributed by atoms with Gasteiger partial charge in [0.2, 0.25) is 0 Å². The quantitative estimate of drug-likeness (QED) is 0.847. The first kappa shape index (κ1) is 15.2. The highest BCUT2D eigenvalue weighted by Crippen LogP contribution is 2.33. The van der Waals surface area contributed by atoms with Crippen LogP contribution in [-0.2, 0) is 12.8 Å². The Kier molecular flexibility index (Phi) is 4.11. The summed E-state index contributed by atoms with van der Waals surface area (Å²) in [5.41, 5.74) is 6.82. The van der Waals surface area contributed by atoms with Crippen molar-refractivity contribution in [1.29, 1.82) is 0 Å². The maximum Gasteiger partial charge on any atom is 0.416 e. The molecule has 21 heavy (non-hydrogen) atoms. The highest BCUT2D eigenvalue weighted by molar-refractivity contribution is 5.46. The standard InChI is InChI=1S/C16H16F3NO/c1-10-5-11(2)7-14(6-10)21-9-12-3-4-13(20)8-15(12)16(17,18)19/h3-8H,9,20H2,1-2H3. The average molecular weight is 295 g/mol. The van der Waals surface area contributed by atoms with Gasteiger partial charge in [0, 0.05) is 11.3 Å². The molecule has 5 heteroatoms. The van der Waals surface area contributed by atoms with E-state index in [2.05, 4.69) is 0 Å². The van der Waals surface area contributed by atoms with Crippen LogP contribution in [0.2, 0.25) is 0 Å². The van der Waals surface area contributed by atoms with E-state index >= 15 is 0 Å². The summed E-state index contributed by atoms with van der Waals surface area (Å²) in [6, 6.07) is 9.27. The Morgan fingerprint density at radius 3 is 2.19 bits per heavy atom. The molecular weight excluding hydrogens is 279 g/mol. The van der Waals surface area contributed by atoms with Crippen LogP contribution in [0.3, 0.4) is 0 Å². The molecule has 2 aromatic rings. The first-order valence-electron chi connectivity index (χ1n) is 6.42. The molecule has 0 bridgehead atoms. The van der Waals surface area contributed by atoms with Crippen LogP contribution in [0.4, 0.5) is 18.9 Å². The van der Waals surface area contributed by atoms with Gasteiger partial charge < -0.3 is 10.5 Å². The molecule has 0 radical (unpaired) electrons. The lowest BCUT2D eigenvalue weighted by atomic mass is 10.1. The minimum Gasteiger partial charge on any atom is -0.489 e. The zero-order chi connectivity index (χ0) is 15.6. The number of ether oxygens (including phenoxy) is 1. The van der Waals surface area contributed by atoms with Crippen molar-refractivity contribution >= 4 is 5.69 Å². The Hall–Kier alpha value is -2.17. The fourth-order valence-corrected chi connectivity index (χ4v) is 2.16. The van der Waals surface area contributed by atoms with Crippen LogP contribution in [0.1, 0.15) is 22.3 Å². The first-order valence-corrected chi connectivity index (χ1v) is 6.42. The van der Waals surface area contributed by atoms with Crippen LogP contribution in [0, 0.1) is 13.8 Å². The normalized spacial score (nSPS) is 11.5. The fourth-order valence-electron chi connectivity index (χ4n) is 2.16. The number of aryl methyl sites for hydroxylation is 2. The van der Waals surface area contributed by atoms with Crippen molar-refractivity contribution in [2.75, 3.05) is 5.73 Å². The molecule has 0 aliphatic rings. The van der Waals surface area contributed by atoms with Gasteiger partial charge in [-0.05, 0) is 49.2 Å². The third-order valence-corrected chi connectivity index (χ3v) is 3.03. The molecule has 0 fully saturated rings. The maximum atomic E-state index is 13.0. The van der Waals surface area contributed by atoms with Gasteiger partial charge in [0.05, 0.1) is 5.56 Å². The lowest BCUT2D eigenvalue weighted by molar-refractivity contribution is -0.138. The summed E-state index contributed by atoms with van der Waals surface area (Å²) in [5.74, 6) is 0.553. The molecule has 2 rings (SSSR count). The van der Waals surface area contributed by atoms with Crippen molar-refractivity contribution in [3.63, 3.8) is 0 Å². The molecule has 2 nitrogen and oxygen atoms in total. The molecule has 0 saturated heterocycles. The molecule has 0 amide bonds. The minimum absolute atomic E-state index is 0.0656. The zero-order valence-electron chi connectivity index (χ0n) is 11.8. The SMILES string of the molecule is Cc1cc(C)cc(OCc2ccc(N)cc2C(F)(F)F)c1. The van der Waals surface area contributed by atoms with Gasteiger partial charge >= 0.3 is 6.18 Å². The maximum absolute atomic E-state index is 13.0. The summed E-state index contributed by atoms with van der Waals surface area (Å²) < 4.78 is 44.4. The molecule has 0 aromatic heterocycles. The number of nitrogens with two attached hydrogens (primary N) is 1. The Morgan fingerprint density at radius 2 is 1.62 bits per heavy atom. The average Bonchev–Trinajstić information content (AvgIpc) is 2.35. The van der Waals surface area contributed by atoms with Crippen molar-refractivity contribution in [2.45, 2.75) is 26.6 Å². The van der Waals surface area contributed by atoms with E-state index < -0.39 is 11.7 Å². The lowest BCUT2D eigenvalue weighted by Crippen LogP contribution is -2.11. The zero-order valence-corrected chi connectivity index (χ0v) is 11.8. The third-order valence-electron chi connectivity index (χ3n) is 3.03. The Balaban J connectivity index is 2.24. The van der Waals surface area contributed by atoms with E-state index in [-0.39, 0.29) is 17.9 Å². The second-order valence-corrected chi connectivity index (χ2v) is 5.03. The summed E-state index contributed by atoms with van der Waals surface area (Å²) in [7, 11) is 0. The van der Waals surface area contributed by atoms with Crippen LogP contribution in [0.25, 0.3) is 0 Å². The topological polar surface area (TPSA) is 35.2 Å². The van der Waals surface area contributed by atoms with Crippen molar-refractivity contribution in [2.24, 2.45) is 0 Å². The number of rotatable bonds is 3. The summed E-state index contributed by atoms with van der Waals surface area (Å²) in [4.78, 5) is 0. The van der Waals surface area contributed by atoms with Gasteiger partial charge in [-0.1, -0.05) is 12.1 Å². The molecular formula is C16H16F3NO. The minimum atomic E-state index is -4.45. The van der Waals surface area contributed by atoms with Crippen LogP contribution in [0.5, 0.6) is 5.75 Å². The molecule has 0 aliphatic carbocycles. The number of hydrogen-bond acceptors (Lipinski definition) is 2. The Morgan fingerprint density at radius 1 is 1.00 bits per heavy atom. The predicted octanol–water partition coefficient (Wildman–Crippen LogP) is 4.48. The van der Waals surface area contributed by atoms with E-state index in [0.29, 0.717) is 5.75 Å². The van der Waals surface area contributed by atoms with E-state index in [1.165, 1.54) is 12.1 Å². The van der Waals surface area contributed by atoms with Gasteiger partial charge in [-0.25, -0.2) is 0 Å². The van der Waals surface area contributed by atoms with Gasteiger partial charge in [0.25, 0.3) is 0 Å². The van der Waals surface area contributed by atoms with Crippen molar-refractivity contribution < 1.29 is 17.9 Å². The molecule has 0 heterocycles. The van der Waals surface area contributed by atoms with Crippen LogP contribution in [-0.4, -0.2) is 0 Å². The fraction of sp³-hybridized carbons (Fsp3) is 0.250. The van der Waals surface area contributed by atoms with Gasteiger partial charge in [-0.15, -0.1) is 0 Å². The van der Waals surface area contributed by atoms with Gasteiger partial charge in [0.1, 0.15) is 12.4 Å². The Bertz CT molecular complexity index is 630. The number of hydrogen-bond donors (Lipinski definition) is 1. The number of nitrogen functional groups attached to an aromatic ring is 1. The summed E-state index contributed by atoms with van der Waals surface area (Å²) in [6.07, 6.45) is -4.45. The molecule has 0 spiro atoms. The summed E-state index contributed by atoms with van der Waals surface area (Å²) >= 11 is 0. The van der Waals surface area contributed by atoms with Gasteiger partial charge in [-0.3, -0.25) is 0 Å². The van der Waals surface area contributed by atoms with E-state index in [0.717, 1.165) is 17.2 Å². The number of benzene rings is 2. The number of alkyl halides is 3. The molecule has 0 unspecified atom stereocenters. The van der Waals surface area contributed by atoms with Crippen molar-refractivity contribution in [3.05, 3.63) is 58.7 Å². The van der Waals surface area contributed by atoms with Crippen LogP contribution in [0.15, 0.2) is 36.4 Å². The monoisotopic (exact) mass is 295 g/mol. The smallest absolute Gasteiger partial charge is 0.416 e. The molecule has 112 valence electrons. The Labute approximate surface area is 121 Å². The van der Waals surface area contributed by atoms with Crippen LogP contribution < -0.4 is 10.5 Å². The second kappa shape index (κ2) is 5.68. The van der Waals surface area contributed by atoms with Gasteiger partial charge in [0.15, 0.2) is 0 Å². The largest absolute Gasteiger partial charge is 0.489 e. The molecule has 0 aliphatic heterocycles. The number of halogens is 3. The molecule has 2 N–H and O–H groups in total. The summed E-state index contributed by atoms with van der Waals surface area (Å²) in [6.45, 7) is 3.66. The third kappa shape index (κ3) is 3.90. The first-order chi connectivity index (χ1) is 9.75. The predicted molar refractivity (Wildman–Crippen MR) is 76.1 cm³/mol. The summed E-state index contributed by atoms with van der Waals surface area (Å²) in [5, 5.41) is 0. The van der Waals surface area contributed by atoms with Crippen molar-refractivity contribution in [3.8, 4) is 5.75 Å². The molecule has 0 saturated carbocycles. The van der Waals surface area contributed by atoms with E-state index in [4.69, 9.17) is 10.5 Å². The molecule has 2 aromatic carbocycles. The highest BCUT2D eigenvalue weighted by atomic mass is 19.4. The lowest BCUT2D eigenvalue weighted by Gasteiger charge is -2.15. The van der Waals surface area contributed by atoms with Crippen molar-refractivity contribution in [1.82, 2.24) is 0 Å². The van der Waals surface area contributed by atoms with Gasteiger partial charge in [-0.2, -0.15) is 13.2 Å². The van der Waals surface area contributed by atoms with E-state index in [1.54, 1.807) is 12.1 Å². The highest BCUT2D eigenvalue weighted by Gasteiger charge is 2.33. The van der Waals surface area contributed by atoms with E-state index in [1.807, 2.05) is 19.9 Å². The number of anilines is 1. The second-order valence-electron chi connectivity index (χ2n) is 5.03. The van der Waals surface area contributed by atoms with E-state index in [9.17, 15) is 13.2 Å².